The topological polar surface area (TPSA) is 61.4 Å². The lowest BCUT2D eigenvalue weighted by molar-refractivity contribution is -0.127. The predicted molar refractivity (Wildman–Crippen MR) is 63.2 cm³/mol. The van der Waals surface area contributed by atoms with Crippen LogP contribution in [0.1, 0.15) is 19.3 Å². The molecule has 0 bridgehead atoms. The third-order valence-corrected chi connectivity index (χ3v) is 4.02. The van der Waals surface area contributed by atoms with Crippen LogP contribution in [0.3, 0.4) is 0 Å². The van der Waals surface area contributed by atoms with Crippen LogP contribution in [0.5, 0.6) is 0 Å². The van der Waals surface area contributed by atoms with Gasteiger partial charge in [-0.1, -0.05) is 0 Å². The van der Waals surface area contributed by atoms with Gasteiger partial charge in [-0.3, -0.25) is 4.79 Å². The molecule has 2 aliphatic rings. The van der Waals surface area contributed by atoms with Gasteiger partial charge in [0.2, 0.25) is 5.91 Å². The van der Waals surface area contributed by atoms with Crippen LogP contribution < -0.4 is 10.6 Å². The van der Waals surface area contributed by atoms with E-state index in [0.717, 1.165) is 32.4 Å². The summed E-state index contributed by atoms with van der Waals surface area (Å²) < 4.78 is 0. The van der Waals surface area contributed by atoms with E-state index in [0.29, 0.717) is 12.3 Å². The fourth-order valence-corrected chi connectivity index (χ4v) is 2.94. The van der Waals surface area contributed by atoms with E-state index in [4.69, 9.17) is 0 Å². The number of carbonyl (C=O) groups excluding carboxylic acids is 2. The highest BCUT2D eigenvalue weighted by Gasteiger charge is 2.22. The molecule has 0 aromatic carbocycles. The second-order valence-electron chi connectivity index (χ2n) is 4.08. The van der Waals surface area contributed by atoms with Gasteiger partial charge in [-0.2, -0.15) is 0 Å². The Morgan fingerprint density at radius 3 is 2.88 bits per heavy atom. The molecule has 90 valence electrons. The molecular weight excluding hydrogens is 226 g/mol. The summed E-state index contributed by atoms with van der Waals surface area (Å²) in [6.07, 6.45) is 3.13. The maximum absolute atomic E-state index is 11.7. The van der Waals surface area contributed by atoms with Gasteiger partial charge in [0.25, 0.3) is 0 Å². The molecule has 2 heterocycles. The number of urea groups is 1. The molecule has 2 fully saturated rings. The second kappa shape index (κ2) is 5.43. The summed E-state index contributed by atoms with van der Waals surface area (Å²) in [7, 11) is 0. The Morgan fingerprint density at radius 1 is 1.44 bits per heavy atom. The third-order valence-electron chi connectivity index (χ3n) is 2.85. The molecule has 0 aromatic heterocycles. The average Bonchev–Trinajstić information content (AvgIpc) is 2.79. The minimum atomic E-state index is -0.127. The van der Waals surface area contributed by atoms with E-state index >= 15 is 0 Å². The number of hydrogen-bond donors (Lipinski definition) is 2. The summed E-state index contributed by atoms with van der Waals surface area (Å²) >= 11 is 1.53. The Morgan fingerprint density at radius 2 is 2.19 bits per heavy atom. The van der Waals surface area contributed by atoms with Crippen LogP contribution in [-0.2, 0) is 4.79 Å². The molecule has 0 saturated carbocycles. The molecule has 0 spiro atoms. The summed E-state index contributed by atoms with van der Waals surface area (Å²) in [6, 6.07) is -0.127. The van der Waals surface area contributed by atoms with Crippen molar-refractivity contribution in [1.82, 2.24) is 15.5 Å². The van der Waals surface area contributed by atoms with Crippen molar-refractivity contribution in [3.8, 4) is 0 Å². The number of rotatable bonds is 3. The number of thioether (sulfide) groups is 1. The molecule has 16 heavy (non-hydrogen) atoms. The first-order valence-electron chi connectivity index (χ1n) is 5.69. The average molecular weight is 243 g/mol. The number of amides is 3. The van der Waals surface area contributed by atoms with Gasteiger partial charge in [0, 0.05) is 19.6 Å². The SMILES string of the molecule is O=C1NCCC(SCC(=O)N2CCCC2)N1. The van der Waals surface area contributed by atoms with E-state index in [9.17, 15) is 9.59 Å². The van der Waals surface area contributed by atoms with Crippen molar-refractivity contribution in [2.75, 3.05) is 25.4 Å². The molecular formula is C10H17N3O2S. The maximum atomic E-state index is 11.7. The zero-order chi connectivity index (χ0) is 11.4. The van der Waals surface area contributed by atoms with Gasteiger partial charge in [-0.05, 0) is 19.3 Å². The molecule has 2 N–H and O–H groups in total. The first-order chi connectivity index (χ1) is 7.75. The second-order valence-corrected chi connectivity index (χ2v) is 5.27. The van der Waals surface area contributed by atoms with Crippen LogP contribution in [-0.4, -0.2) is 47.6 Å². The number of carbonyl (C=O) groups is 2. The van der Waals surface area contributed by atoms with Gasteiger partial charge in [0.1, 0.15) is 0 Å². The van der Waals surface area contributed by atoms with Gasteiger partial charge in [-0.25, -0.2) is 4.79 Å². The molecule has 3 amide bonds. The summed E-state index contributed by atoms with van der Waals surface area (Å²) in [5.41, 5.74) is 0. The monoisotopic (exact) mass is 243 g/mol. The quantitative estimate of drug-likeness (QED) is 0.753. The predicted octanol–water partition coefficient (Wildman–Crippen LogP) is 0.371. The van der Waals surface area contributed by atoms with Gasteiger partial charge in [0.15, 0.2) is 0 Å². The van der Waals surface area contributed by atoms with Crippen molar-refractivity contribution >= 4 is 23.7 Å². The van der Waals surface area contributed by atoms with Crippen LogP contribution in [0.25, 0.3) is 0 Å². The summed E-state index contributed by atoms with van der Waals surface area (Å²) in [5, 5.41) is 5.58. The molecule has 6 heteroatoms. The summed E-state index contributed by atoms with van der Waals surface area (Å²) in [6.45, 7) is 2.50. The van der Waals surface area contributed by atoms with E-state index in [2.05, 4.69) is 10.6 Å². The van der Waals surface area contributed by atoms with Crippen molar-refractivity contribution in [2.24, 2.45) is 0 Å². The lowest BCUT2D eigenvalue weighted by Crippen LogP contribution is -2.48. The van der Waals surface area contributed by atoms with Gasteiger partial charge < -0.3 is 15.5 Å². The van der Waals surface area contributed by atoms with E-state index in [1.165, 1.54) is 11.8 Å². The van der Waals surface area contributed by atoms with E-state index < -0.39 is 0 Å². The standard InChI is InChI=1S/C10H17N3O2S/c14-9(13-5-1-2-6-13)7-16-8-3-4-11-10(15)12-8/h8H,1-7H2,(H2,11,12,15). The molecule has 1 atom stereocenters. The lowest BCUT2D eigenvalue weighted by Gasteiger charge is -2.24. The van der Waals surface area contributed by atoms with Gasteiger partial charge in [0.05, 0.1) is 11.1 Å². The van der Waals surface area contributed by atoms with Crippen molar-refractivity contribution in [1.29, 1.82) is 0 Å². The molecule has 2 saturated heterocycles. The highest BCUT2D eigenvalue weighted by atomic mass is 32.2. The molecule has 0 aliphatic carbocycles. The van der Waals surface area contributed by atoms with Crippen molar-refractivity contribution in [3.63, 3.8) is 0 Å². The summed E-state index contributed by atoms with van der Waals surface area (Å²) in [4.78, 5) is 24.7. The highest BCUT2D eigenvalue weighted by molar-refractivity contribution is 8.00. The van der Waals surface area contributed by atoms with Gasteiger partial charge >= 0.3 is 6.03 Å². The maximum Gasteiger partial charge on any atom is 0.315 e. The fourth-order valence-electron chi connectivity index (χ4n) is 1.94. The molecule has 5 nitrogen and oxygen atoms in total. The Kier molecular flexibility index (Phi) is 3.93. The van der Waals surface area contributed by atoms with Crippen molar-refractivity contribution in [3.05, 3.63) is 0 Å². The molecule has 2 rings (SSSR count). The Hall–Kier alpha value is -0.910. The van der Waals surface area contributed by atoms with Crippen LogP contribution >= 0.6 is 11.8 Å². The Bertz CT molecular complexity index is 279. The zero-order valence-corrected chi connectivity index (χ0v) is 10.0. The molecule has 2 aliphatic heterocycles. The largest absolute Gasteiger partial charge is 0.342 e. The first kappa shape index (κ1) is 11.6. The van der Waals surface area contributed by atoms with Crippen LogP contribution in [0.15, 0.2) is 0 Å². The van der Waals surface area contributed by atoms with Gasteiger partial charge in [-0.15, -0.1) is 11.8 Å². The van der Waals surface area contributed by atoms with E-state index in [1.54, 1.807) is 0 Å². The summed E-state index contributed by atoms with van der Waals surface area (Å²) in [5.74, 6) is 0.681. The van der Waals surface area contributed by atoms with Crippen molar-refractivity contribution < 1.29 is 9.59 Å². The number of nitrogens with one attached hydrogen (secondary N) is 2. The van der Waals surface area contributed by atoms with Crippen LogP contribution in [0, 0.1) is 0 Å². The molecule has 1 unspecified atom stereocenters. The number of hydrogen-bond acceptors (Lipinski definition) is 3. The minimum absolute atomic E-state index is 0.0836. The van der Waals surface area contributed by atoms with E-state index in [-0.39, 0.29) is 17.3 Å². The van der Waals surface area contributed by atoms with Crippen LogP contribution in [0.2, 0.25) is 0 Å². The lowest BCUT2D eigenvalue weighted by atomic mass is 10.4. The normalized spacial score (nSPS) is 25.1. The minimum Gasteiger partial charge on any atom is -0.342 e. The zero-order valence-electron chi connectivity index (χ0n) is 9.20. The first-order valence-corrected chi connectivity index (χ1v) is 6.74. The number of nitrogens with zero attached hydrogens (tertiary/aromatic N) is 1. The third kappa shape index (κ3) is 3.04. The van der Waals surface area contributed by atoms with E-state index in [1.807, 2.05) is 4.90 Å². The molecule has 0 aromatic rings. The molecule has 0 radical (unpaired) electrons. The number of likely N-dealkylation sites (tertiary alicyclic amines) is 1. The van der Waals surface area contributed by atoms with Crippen molar-refractivity contribution in [2.45, 2.75) is 24.6 Å². The smallest absolute Gasteiger partial charge is 0.315 e. The highest BCUT2D eigenvalue weighted by Crippen LogP contribution is 2.16. The Balaban J connectivity index is 1.69. The Labute approximate surface area is 99.3 Å². The van der Waals surface area contributed by atoms with Crippen LogP contribution in [0.4, 0.5) is 4.79 Å². The fraction of sp³-hybridized carbons (Fsp3) is 0.800.